The summed E-state index contributed by atoms with van der Waals surface area (Å²) >= 11 is 3.64. The predicted molar refractivity (Wildman–Crippen MR) is 295 cm³/mol. The number of hydrogen-bond donors (Lipinski definition) is 0. The van der Waals surface area contributed by atoms with Gasteiger partial charge in [0.25, 0.3) is 0 Å². The summed E-state index contributed by atoms with van der Waals surface area (Å²) in [5.74, 6) is 0. The fourth-order valence-electron chi connectivity index (χ4n) is 10.7. The van der Waals surface area contributed by atoms with Crippen molar-refractivity contribution in [2.75, 3.05) is 9.80 Å². The van der Waals surface area contributed by atoms with Gasteiger partial charge in [0.15, 0.2) is 11.2 Å². The van der Waals surface area contributed by atoms with E-state index in [4.69, 9.17) is 8.83 Å². The van der Waals surface area contributed by atoms with Crippen LogP contribution in [0, 0.1) is 0 Å². The van der Waals surface area contributed by atoms with Gasteiger partial charge in [0.1, 0.15) is 21.2 Å². The lowest BCUT2D eigenvalue weighted by atomic mass is 10.1. The molecule has 0 fully saturated rings. The number of benzene rings is 9. The Morgan fingerprint density at radius 1 is 0.300 bits per heavy atom. The molecule has 0 aliphatic carbocycles. The topological polar surface area (TPSA) is 42.6 Å². The Morgan fingerprint density at radius 2 is 0.643 bits per heavy atom. The van der Waals surface area contributed by atoms with Crippen molar-refractivity contribution in [3.63, 3.8) is 0 Å². The summed E-state index contributed by atoms with van der Waals surface area (Å²) in [4.78, 5) is 4.74. The van der Waals surface area contributed by atoms with E-state index in [9.17, 15) is 0 Å². The zero-order valence-corrected chi connectivity index (χ0v) is 39.0. The molecule has 15 rings (SSSR count). The molecule has 0 aliphatic rings. The fraction of sp³-hybridized carbons (Fsp3) is 0. The number of nitrogens with zero attached hydrogens (tertiary/aromatic N) is 4. The quantitative estimate of drug-likeness (QED) is 0.152. The molecule has 0 saturated heterocycles. The molecule has 9 aromatic carbocycles. The highest BCUT2D eigenvalue weighted by Gasteiger charge is 2.27. The minimum Gasteiger partial charge on any atom is -0.454 e. The van der Waals surface area contributed by atoms with E-state index in [0.29, 0.717) is 0 Å². The SMILES string of the molecule is c1ccc(N(c2ccccc2)c2cc3c(s2)c2cc4c(cc2n3-c2cccc3c2oc2ccccc23)c2sc(N(c3ccccc3)c3ccccc3)cc2n4-c2cccc3c2oc2ccccc23)cc1. The minimum absolute atomic E-state index is 0.859. The molecule has 70 heavy (non-hydrogen) atoms. The molecular formula is C62H38N4O2S2. The molecule has 8 heteroatoms. The van der Waals surface area contributed by atoms with Crippen LogP contribution in [-0.2, 0) is 0 Å². The molecule has 0 aliphatic heterocycles. The van der Waals surface area contributed by atoms with E-state index in [2.05, 4.69) is 237 Å². The first-order chi connectivity index (χ1) is 34.7. The second-order valence-corrected chi connectivity index (χ2v) is 19.7. The van der Waals surface area contributed by atoms with Gasteiger partial charge in [0.05, 0.1) is 42.8 Å². The van der Waals surface area contributed by atoms with E-state index in [-0.39, 0.29) is 0 Å². The van der Waals surface area contributed by atoms with Crippen LogP contribution in [0.1, 0.15) is 0 Å². The molecule has 0 saturated carbocycles. The number of aromatic nitrogens is 2. The Hall–Kier alpha value is -8.82. The van der Waals surface area contributed by atoms with Gasteiger partial charge in [-0.1, -0.05) is 133 Å². The zero-order valence-electron chi connectivity index (χ0n) is 37.4. The van der Waals surface area contributed by atoms with Gasteiger partial charge in [-0.15, -0.1) is 22.7 Å². The van der Waals surface area contributed by atoms with E-state index in [1.165, 1.54) is 9.40 Å². The lowest BCUT2D eigenvalue weighted by molar-refractivity contribution is 0.666. The van der Waals surface area contributed by atoms with Crippen molar-refractivity contribution in [3.05, 3.63) is 231 Å². The van der Waals surface area contributed by atoms with Crippen molar-refractivity contribution in [3.8, 4) is 11.4 Å². The monoisotopic (exact) mass is 934 g/mol. The van der Waals surface area contributed by atoms with Crippen LogP contribution in [0.3, 0.4) is 0 Å². The van der Waals surface area contributed by atoms with E-state index in [1.807, 2.05) is 34.8 Å². The molecule has 0 bridgehead atoms. The second-order valence-electron chi connectivity index (χ2n) is 17.7. The highest BCUT2D eigenvalue weighted by Crippen LogP contribution is 2.51. The summed E-state index contributed by atoms with van der Waals surface area (Å²) in [5, 5.41) is 8.93. The number of para-hydroxylation sites is 8. The van der Waals surface area contributed by atoms with Gasteiger partial charge in [-0.05, 0) is 97.1 Å². The summed E-state index contributed by atoms with van der Waals surface area (Å²) in [5.41, 5.74) is 14.3. The molecule has 6 nitrogen and oxygen atoms in total. The van der Waals surface area contributed by atoms with Crippen LogP contribution >= 0.6 is 22.7 Å². The summed E-state index contributed by atoms with van der Waals surface area (Å²) in [7, 11) is 0. The third kappa shape index (κ3) is 5.84. The van der Waals surface area contributed by atoms with Crippen LogP contribution < -0.4 is 9.80 Å². The molecule has 0 N–H and O–H groups in total. The van der Waals surface area contributed by atoms with E-state index in [0.717, 1.165) is 121 Å². The van der Waals surface area contributed by atoms with Crippen LogP contribution in [0.5, 0.6) is 0 Å². The van der Waals surface area contributed by atoms with Crippen molar-refractivity contribution in [2.45, 2.75) is 0 Å². The molecule has 15 aromatic rings. The van der Waals surface area contributed by atoms with E-state index < -0.39 is 0 Å². The Bertz CT molecular complexity index is 4120. The largest absolute Gasteiger partial charge is 0.454 e. The summed E-state index contributed by atoms with van der Waals surface area (Å²) in [6.07, 6.45) is 0. The third-order valence-corrected chi connectivity index (χ3v) is 16.0. The van der Waals surface area contributed by atoms with E-state index in [1.54, 1.807) is 0 Å². The van der Waals surface area contributed by atoms with Crippen LogP contribution in [-0.4, -0.2) is 9.13 Å². The normalized spacial score (nSPS) is 12.0. The summed E-state index contributed by atoms with van der Waals surface area (Å²) < 4.78 is 21.0. The van der Waals surface area contributed by atoms with Gasteiger partial charge in [0.2, 0.25) is 0 Å². The van der Waals surface area contributed by atoms with Crippen LogP contribution in [0.25, 0.3) is 97.5 Å². The molecule has 0 atom stereocenters. The molecular weight excluding hydrogens is 897 g/mol. The molecule has 0 spiro atoms. The number of hydrogen-bond acceptors (Lipinski definition) is 6. The molecule has 330 valence electrons. The van der Waals surface area contributed by atoms with Gasteiger partial charge in [-0.3, -0.25) is 0 Å². The Balaban J connectivity index is 1.07. The van der Waals surface area contributed by atoms with Crippen molar-refractivity contribution in [1.29, 1.82) is 0 Å². The van der Waals surface area contributed by atoms with Gasteiger partial charge in [-0.2, -0.15) is 0 Å². The Labute approximate surface area is 408 Å². The number of thiophene rings is 2. The molecule has 6 heterocycles. The first-order valence-corrected chi connectivity index (χ1v) is 25.0. The lowest BCUT2D eigenvalue weighted by Crippen LogP contribution is -2.08. The van der Waals surface area contributed by atoms with Gasteiger partial charge in [-0.25, -0.2) is 0 Å². The average molecular weight is 935 g/mol. The smallest absolute Gasteiger partial charge is 0.159 e. The summed E-state index contributed by atoms with van der Waals surface area (Å²) in [6.45, 7) is 0. The minimum atomic E-state index is 0.859. The first kappa shape index (κ1) is 39.2. The van der Waals surface area contributed by atoms with Gasteiger partial charge < -0.3 is 27.8 Å². The Kier molecular flexibility index (Phi) is 8.60. The highest BCUT2D eigenvalue weighted by atomic mass is 32.1. The number of fused-ring (bicyclic) bond motifs is 12. The number of anilines is 6. The Morgan fingerprint density at radius 3 is 1.03 bits per heavy atom. The van der Waals surface area contributed by atoms with Gasteiger partial charge >= 0.3 is 0 Å². The van der Waals surface area contributed by atoms with Crippen LogP contribution in [0.2, 0.25) is 0 Å². The number of furan rings is 2. The zero-order chi connectivity index (χ0) is 45.9. The standard InChI is InChI=1S/C62H38N4O2S2/c1-5-19-39(20-6-1)63(40-21-7-2-8-22-40)57-37-53-61(69-57)47-35-52-48(36-51(47)65(53)49-31-17-29-45-43-27-13-15-33-55(43)67-59(45)49)62-54(66(52)50-32-18-30-46-44-28-14-16-34-56(44)68-60(46)50)38-58(70-62)64(41-23-9-3-10-24-41)42-25-11-4-12-26-42/h1-38H. The molecule has 0 amide bonds. The molecule has 6 aromatic heterocycles. The van der Waals surface area contributed by atoms with Crippen molar-refractivity contribution >= 4 is 142 Å². The molecule has 0 unspecified atom stereocenters. The van der Waals surface area contributed by atoms with Crippen LogP contribution in [0.4, 0.5) is 32.8 Å². The maximum atomic E-state index is 6.85. The maximum Gasteiger partial charge on any atom is 0.159 e. The van der Waals surface area contributed by atoms with Gasteiger partial charge in [0, 0.05) is 55.1 Å². The van der Waals surface area contributed by atoms with Crippen LogP contribution in [0.15, 0.2) is 239 Å². The maximum absolute atomic E-state index is 6.85. The predicted octanol–water partition coefficient (Wildman–Crippen LogP) is 18.7. The molecule has 0 radical (unpaired) electrons. The lowest BCUT2D eigenvalue weighted by Gasteiger charge is -2.23. The number of rotatable bonds is 8. The fourth-order valence-corrected chi connectivity index (χ4v) is 13.1. The highest BCUT2D eigenvalue weighted by molar-refractivity contribution is 7.24. The third-order valence-electron chi connectivity index (χ3n) is 13.7. The van der Waals surface area contributed by atoms with E-state index >= 15 is 0 Å². The van der Waals surface area contributed by atoms with Crippen molar-refractivity contribution < 1.29 is 8.83 Å². The van der Waals surface area contributed by atoms with Crippen molar-refractivity contribution in [2.24, 2.45) is 0 Å². The summed E-state index contributed by atoms with van der Waals surface area (Å²) in [6, 6.07) is 82.1. The average Bonchev–Trinajstić information content (AvgIpc) is 4.28. The van der Waals surface area contributed by atoms with Crippen molar-refractivity contribution in [1.82, 2.24) is 9.13 Å². The second kappa shape index (κ2) is 15.3. The first-order valence-electron chi connectivity index (χ1n) is 23.4.